The number of hydrogen-bond donors (Lipinski definition) is 1. The highest BCUT2D eigenvalue weighted by atomic mass is 16.5. The lowest BCUT2D eigenvalue weighted by Crippen LogP contribution is -2.29. The van der Waals surface area contributed by atoms with Crippen molar-refractivity contribution in [1.82, 2.24) is 14.9 Å². The molecule has 1 amide bonds. The topological polar surface area (TPSA) is 58.2 Å². The third-order valence-electron chi connectivity index (χ3n) is 3.00. The molecular formula is C12H19N3O2. The fraction of sp³-hybridized carbons (Fsp3) is 0.667. The summed E-state index contributed by atoms with van der Waals surface area (Å²) in [4.78, 5) is 20.6. The van der Waals surface area contributed by atoms with Gasteiger partial charge in [-0.1, -0.05) is 6.92 Å². The Hall–Kier alpha value is -1.36. The average molecular weight is 237 g/mol. The number of nitrogens with zero attached hydrogens (tertiary/aromatic N) is 2. The third-order valence-corrected chi connectivity index (χ3v) is 3.00. The summed E-state index contributed by atoms with van der Waals surface area (Å²) in [5.41, 5.74) is 0.570. The van der Waals surface area contributed by atoms with Crippen molar-refractivity contribution in [2.75, 3.05) is 26.3 Å². The van der Waals surface area contributed by atoms with Crippen molar-refractivity contribution in [3.63, 3.8) is 0 Å². The number of rotatable bonds is 5. The van der Waals surface area contributed by atoms with E-state index in [1.54, 1.807) is 6.20 Å². The number of hydrogen-bond acceptors (Lipinski definition) is 3. The van der Waals surface area contributed by atoms with Crippen LogP contribution in [0.3, 0.4) is 0 Å². The number of carbonyl (C=O) groups excluding carboxylic acids is 1. The normalized spacial score (nSPS) is 19.8. The van der Waals surface area contributed by atoms with E-state index in [1.165, 1.54) is 6.33 Å². The van der Waals surface area contributed by atoms with Crippen LogP contribution in [-0.4, -0.2) is 47.1 Å². The molecule has 1 aliphatic rings. The molecule has 1 aromatic rings. The first-order valence-corrected chi connectivity index (χ1v) is 6.16. The fourth-order valence-electron chi connectivity index (χ4n) is 2.09. The average Bonchev–Trinajstić information content (AvgIpc) is 3.00. The summed E-state index contributed by atoms with van der Waals surface area (Å²) < 4.78 is 5.53. The number of likely N-dealkylation sites (tertiary alicyclic amines) is 1. The number of carbonyl (C=O) groups is 1. The predicted octanol–water partition coefficient (Wildman–Crippen LogP) is 1.30. The zero-order valence-corrected chi connectivity index (χ0v) is 10.2. The van der Waals surface area contributed by atoms with Crippen LogP contribution in [-0.2, 0) is 4.74 Å². The number of H-pyrrole nitrogens is 1. The molecule has 94 valence electrons. The summed E-state index contributed by atoms with van der Waals surface area (Å²) >= 11 is 0. The molecule has 1 saturated heterocycles. The predicted molar refractivity (Wildman–Crippen MR) is 63.7 cm³/mol. The van der Waals surface area contributed by atoms with Crippen LogP contribution in [0.4, 0.5) is 0 Å². The smallest absolute Gasteiger partial charge is 0.271 e. The lowest BCUT2D eigenvalue weighted by atomic mass is 10.1. The summed E-state index contributed by atoms with van der Waals surface area (Å²) in [6.07, 6.45) is 5.18. The molecular weight excluding hydrogens is 218 g/mol. The molecule has 0 bridgehead atoms. The Kier molecular flexibility index (Phi) is 4.14. The van der Waals surface area contributed by atoms with Crippen LogP contribution in [0.15, 0.2) is 12.5 Å². The highest BCUT2D eigenvalue weighted by Crippen LogP contribution is 2.18. The zero-order chi connectivity index (χ0) is 12.1. The molecule has 5 heteroatoms. The van der Waals surface area contributed by atoms with E-state index in [9.17, 15) is 4.79 Å². The molecule has 5 nitrogen and oxygen atoms in total. The van der Waals surface area contributed by atoms with Crippen LogP contribution in [0.2, 0.25) is 0 Å². The van der Waals surface area contributed by atoms with Crippen LogP contribution in [0.5, 0.6) is 0 Å². The molecule has 0 unspecified atom stereocenters. The Morgan fingerprint density at radius 2 is 2.59 bits per heavy atom. The van der Waals surface area contributed by atoms with Gasteiger partial charge < -0.3 is 14.6 Å². The van der Waals surface area contributed by atoms with Crippen molar-refractivity contribution in [2.24, 2.45) is 5.92 Å². The molecule has 0 radical (unpaired) electrons. The maximum atomic E-state index is 12.0. The summed E-state index contributed by atoms with van der Waals surface area (Å²) in [6.45, 7) is 5.29. The van der Waals surface area contributed by atoms with Gasteiger partial charge in [-0.05, 0) is 12.8 Å². The first-order chi connectivity index (χ1) is 8.31. The maximum absolute atomic E-state index is 12.0. The molecule has 1 atom stereocenters. The zero-order valence-electron chi connectivity index (χ0n) is 10.2. The quantitative estimate of drug-likeness (QED) is 0.785. The van der Waals surface area contributed by atoms with Gasteiger partial charge in [-0.15, -0.1) is 0 Å². The van der Waals surface area contributed by atoms with Gasteiger partial charge >= 0.3 is 0 Å². The van der Waals surface area contributed by atoms with E-state index in [0.29, 0.717) is 11.6 Å². The largest absolute Gasteiger partial charge is 0.381 e. The van der Waals surface area contributed by atoms with Crippen molar-refractivity contribution in [3.05, 3.63) is 18.2 Å². The van der Waals surface area contributed by atoms with Gasteiger partial charge in [0.25, 0.3) is 5.91 Å². The summed E-state index contributed by atoms with van der Waals surface area (Å²) in [5.74, 6) is 0.522. The summed E-state index contributed by atoms with van der Waals surface area (Å²) in [6, 6.07) is 0. The first-order valence-electron chi connectivity index (χ1n) is 6.16. The second-order valence-electron chi connectivity index (χ2n) is 4.45. The van der Waals surface area contributed by atoms with E-state index in [4.69, 9.17) is 4.74 Å². The van der Waals surface area contributed by atoms with Gasteiger partial charge in [0.15, 0.2) is 0 Å². The first kappa shape index (κ1) is 12.1. The van der Waals surface area contributed by atoms with Gasteiger partial charge in [0.1, 0.15) is 5.69 Å². The lowest BCUT2D eigenvalue weighted by Gasteiger charge is -2.15. The number of amides is 1. The SMILES string of the molecule is CCCOC[C@H]1CCN(C(=O)c2cnc[nH]2)C1. The lowest BCUT2D eigenvalue weighted by molar-refractivity contribution is 0.0749. The van der Waals surface area contributed by atoms with Crippen molar-refractivity contribution in [2.45, 2.75) is 19.8 Å². The van der Waals surface area contributed by atoms with E-state index >= 15 is 0 Å². The molecule has 1 N–H and O–H groups in total. The number of nitrogens with one attached hydrogen (secondary N) is 1. The van der Waals surface area contributed by atoms with Crippen LogP contribution >= 0.6 is 0 Å². The number of aromatic nitrogens is 2. The molecule has 1 fully saturated rings. The second kappa shape index (κ2) is 5.82. The van der Waals surface area contributed by atoms with Crippen molar-refractivity contribution < 1.29 is 9.53 Å². The van der Waals surface area contributed by atoms with Gasteiger partial charge in [-0.2, -0.15) is 0 Å². The highest BCUT2D eigenvalue weighted by Gasteiger charge is 2.27. The molecule has 1 aromatic heterocycles. The van der Waals surface area contributed by atoms with E-state index in [-0.39, 0.29) is 5.91 Å². The van der Waals surface area contributed by atoms with Crippen molar-refractivity contribution >= 4 is 5.91 Å². The second-order valence-corrected chi connectivity index (χ2v) is 4.45. The summed E-state index contributed by atoms with van der Waals surface area (Å²) in [5, 5.41) is 0. The van der Waals surface area contributed by atoms with Crippen LogP contribution in [0.1, 0.15) is 30.3 Å². The molecule has 17 heavy (non-hydrogen) atoms. The van der Waals surface area contributed by atoms with Gasteiger partial charge in [0.05, 0.1) is 19.1 Å². The number of imidazole rings is 1. The van der Waals surface area contributed by atoms with Crippen LogP contribution < -0.4 is 0 Å². The molecule has 1 aliphatic heterocycles. The molecule has 0 aliphatic carbocycles. The monoisotopic (exact) mass is 237 g/mol. The van der Waals surface area contributed by atoms with Gasteiger partial charge in [0.2, 0.25) is 0 Å². The Morgan fingerprint density at radius 1 is 1.71 bits per heavy atom. The Balaban J connectivity index is 1.79. The van der Waals surface area contributed by atoms with Crippen molar-refractivity contribution in [1.29, 1.82) is 0 Å². The summed E-state index contributed by atoms with van der Waals surface area (Å²) in [7, 11) is 0. The molecule has 0 aromatic carbocycles. The van der Waals surface area contributed by atoms with Gasteiger partial charge in [0, 0.05) is 25.6 Å². The Labute approximate surface area is 101 Å². The Morgan fingerprint density at radius 3 is 3.29 bits per heavy atom. The highest BCUT2D eigenvalue weighted by molar-refractivity contribution is 5.92. The maximum Gasteiger partial charge on any atom is 0.271 e. The number of aromatic amines is 1. The van der Waals surface area contributed by atoms with E-state index in [2.05, 4.69) is 16.9 Å². The van der Waals surface area contributed by atoms with Gasteiger partial charge in [-0.3, -0.25) is 4.79 Å². The van der Waals surface area contributed by atoms with E-state index < -0.39 is 0 Å². The van der Waals surface area contributed by atoms with Crippen LogP contribution in [0, 0.1) is 5.92 Å². The third kappa shape index (κ3) is 3.06. The van der Waals surface area contributed by atoms with E-state index in [0.717, 1.165) is 39.1 Å². The minimum atomic E-state index is 0.0421. The Bertz CT molecular complexity index is 351. The fourth-order valence-corrected chi connectivity index (χ4v) is 2.09. The molecule has 0 spiro atoms. The van der Waals surface area contributed by atoms with Crippen molar-refractivity contribution in [3.8, 4) is 0 Å². The standard InChI is InChI=1S/C12H19N3O2/c1-2-5-17-8-10-3-4-15(7-10)12(16)11-6-13-9-14-11/h6,9-10H,2-5,7-8H2,1H3,(H,13,14)/t10-/m0/s1. The number of ether oxygens (including phenoxy) is 1. The van der Waals surface area contributed by atoms with E-state index in [1.807, 2.05) is 4.90 Å². The van der Waals surface area contributed by atoms with Crippen LogP contribution in [0.25, 0.3) is 0 Å². The minimum absolute atomic E-state index is 0.0421. The molecule has 0 saturated carbocycles. The molecule has 2 rings (SSSR count). The van der Waals surface area contributed by atoms with Gasteiger partial charge in [-0.25, -0.2) is 4.98 Å². The molecule has 2 heterocycles. The minimum Gasteiger partial charge on any atom is -0.381 e.